The summed E-state index contributed by atoms with van der Waals surface area (Å²) in [5.74, 6) is 0.0394. The van der Waals surface area contributed by atoms with Crippen molar-refractivity contribution in [2.45, 2.75) is 44.6 Å². The van der Waals surface area contributed by atoms with E-state index in [0.29, 0.717) is 30.3 Å². The van der Waals surface area contributed by atoms with Crippen molar-refractivity contribution in [3.05, 3.63) is 29.3 Å². The first-order valence-corrected chi connectivity index (χ1v) is 10.1. The van der Waals surface area contributed by atoms with Crippen LogP contribution in [0.5, 0.6) is 0 Å². The van der Waals surface area contributed by atoms with Gasteiger partial charge in [-0.15, -0.1) is 0 Å². The lowest BCUT2D eigenvalue weighted by molar-refractivity contribution is 0.0696. The number of carbonyl (C=O) groups is 1. The molecule has 1 fully saturated rings. The molecule has 1 aliphatic heterocycles. The van der Waals surface area contributed by atoms with Crippen molar-refractivity contribution in [1.29, 1.82) is 0 Å². The van der Waals surface area contributed by atoms with Gasteiger partial charge in [0.05, 0.1) is 11.9 Å². The van der Waals surface area contributed by atoms with E-state index in [-0.39, 0.29) is 5.91 Å². The monoisotopic (exact) mass is 336 g/mol. The zero-order chi connectivity index (χ0) is 16.6. The van der Waals surface area contributed by atoms with E-state index >= 15 is 0 Å². The highest BCUT2D eigenvalue weighted by Gasteiger charge is 2.28. The fourth-order valence-electron chi connectivity index (χ4n) is 3.69. The van der Waals surface area contributed by atoms with Crippen LogP contribution in [-0.4, -0.2) is 45.1 Å². The third kappa shape index (κ3) is 3.22. The van der Waals surface area contributed by atoms with Crippen molar-refractivity contribution in [3.8, 4) is 0 Å². The fraction of sp³-hybridized carbons (Fsp3) is 0.588. The van der Waals surface area contributed by atoms with Gasteiger partial charge in [-0.05, 0) is 43.0 Å². The first kappa shape index (κ1) is 16.3. The van der Waals surface area contributed by atoms with Crippen LogP contribution in [0.25, 0.3) is 0 Å². The number of rotatable bonds is 3. The lowest BCUT2D eigenvalue weighted by atomic mass is 9.94. The number of hydrogen-bond acceptors (Lipinski definition) is 3. The topological polar surface area (TPSA) is 57.7 Å². The van der Waals surface area contributed by atoms with Gasteiger partial charge in [0.25, 0.3) is 5.91 Å². The molecular formula is C17H24N2O3S. The van der Waals surface area contributed by atoms with E-state index in [1.807, 2.05) is 18.0 Å². The summed E-state index contributed by atoms with van der Waals surface area (Å²) in [5.41, 5.74) is 2.31. The molecule has 2 aliphatic rings. The van der Waals surface area contributed by atoms with Crippen molar-refractivity contribution >= 4 is 21.6 Å². The minimum Gasteiger partial charge on any atom is -0.339 e. The van der Waals surface area contributed by atoms with E-state index in [1.165, 1.54) is 29.8 Å². The van der Waals surface area contributed by atoms with Gasteiger partial charge in [-0.1, -0.05) is 19.3 Å². The van der Waals surface area contributed by atoms with E-state index in [0.717, 1.165) is 18.4 Å². The standard InChI is InChI=1S/C17H24N2O3S/c1-18(15-6-4-3-5-7-15)17(20)14-8-9-16-13(12-14)10-11-19(16)23(2,21)22/h8-9,12,15H,3-7,10-11H2,1-2H3. The van der Waals surface area contributed by atoms with Crippen LogP contribution < -0.4 is 4.31 Å². The predicted octanol–water partition coefficient (Wildman–Crippen LogP) is 2.41. The fourth-order valence-corrected chi connectivity index (χ4v) is 4.65. The van der Waals surface area contributed by atoms with Crippen molar-refractivity contribution in [2.24, 2.45) is 0 Å². The number of benzene rings is 1. The van der Waals surface area contributed by atoms with Gasteiger partial charge in [-0.25, -0.2) is 8.42 Å². The first-order chi connectivity index (χ1) is 10.9. The molecule has 0 bridgehead atoms. The molecule has 0 saturated heterocycles. The molecule has 0 N–H and O–H groups in total. The second kappa shape index (κ2) is 6.15. The summed E-state index contributed by atoms with van der Waals surface area (Å²) in [7, 11) is -1.36. The normalized spacial score (nSPS) is 18.8. The Morgan fingerprint density at radius 2 is 1.91 bits per heavy atom. The van der Waals surface area contributed by atoms with Gasteiger partial charge in [0.2, 0.25) is 10.0 Å². The zero-order valence-electron chi connectivity index (χ0n) is 13.8. The molecule has 0 unspecified atom stereocenters. The molecule has 1 amide bonds. The molecule has 5 nitrogen and oxygen atoms in total. The average molecular weight is 336 g/mol. The molecule has 1 saturated carbocycles. The van der Waals surface area contributed by atoms with E-state index in [4.69, 9.17) is 0 Å². The van der Waals surface area contributed by atoms with Gasteiger partial charge >= 0.3 is 0 Å². The number of hydrogen-bond donors (Lipinski definition) is 0. The summed E-state index contributed by atoms with van der Waals surface area (Å²) in [5, 5.41) is 0. The smallest absolute Gasteiger partial charge is 0.253 e. The van der Waals surface area contributed by atoms with E-state index < -0.39 is 10.0 Å². The van der Waals surface area contributed by atoms with Crippen molar-refractivity contribution in [1.82, 2.24) is 4.90 Å². The van der Waals surface area contributed by atoms with Crippen LogP contribution in [0.2, 0.25) is 0 Å². The van der Waals surface area contributed by atoms with E-state index in [2.05, 4.69) is 0 Å². The van der Waals surface area contributed by atoms with Crippen LogP contribution in [0.3, 0.4) is 0 Å². The van der Waals surface area contributed by atoms with Gasteiger partial charge in [0, 0.05) is 25.2 Å². The maximum absolute atomic E-state index is 12.7. The minimum atomic E-state index is -3.24. The summed E-state index contributed by atoms with van der Waals surface area (Å²) in [6.45, 7) is 0.463. The number of sulfonamides is 1. The highest BCUT2D eigenvalue weighted by atomic mass is 32.2. The Labute approximate surface area is 138 Å². The van der Waals surface area contributed by atoms with Crippen molar-refractivity contribution in [3.63, 3.8) is 0 Å². The van der Waals surface area contributed by atoms with E-state index in [9.17, 15) is 13.2 Å². The number of fused-ring (bicyclic) bond motifs is 1. The molecular weight excluding hydrogens is 312 g/mol. The lowest BCUT2D eigenvalue weighted by Crippen LogP contribution is -2.38. The minimum absolute atomic E-state index is 0.0394. The summed E-state index contributed by atoms with van der Waals surface area (Å²) >= 11 is 0. The summed E-state index contributed by atoms with van der Waals surface area (Å²) in [6, 6.07) is 5.72. The second-order valence-corrected chi connectivity index (χ2v) is 8.54. The van der Waals surface area contributed by atoms with Gasteiger partial charge in [-0.3, -0.25) is 9.10 Å². The van der Waals surface area contributed by atoms with Crippen LogP contribution in [-0.2, 0) is 16.4 Å². The number of carbonyl (C=O) groups excluding carboxylic acids is 1. The first-order valence-electron chi connectivity index (χ1n) is 8.26. The predicted molar refractivity (Wildman–Crippen MR) is 91.3 cm³/mol. The zero-order valence-corrected chi connectivity index (χ0v) is 14.6. The van der Waals surface area contributed by atoms with Gasteiger partial charge in [0.1, 0.15) is 0 Å². The summed E-state index contributed by atoms with van der Waals surface area (Å²) in [6.07, 6.45) is 7.68. The Kier molecular flexibility index (Phi) is 4.36. The highest BCUT2D eigenvalue weighted by molar-refractivity contribution is 7.92. The lowest BCUT2D eigenvalue weighted by Gasteiger charge is -2.31. The summed E-state index contributed by atoms with van der Waals surface area (Å²) < 4.78 is 25.0. The van der Waals surface area contributed by atoms with Gasteiger partial charge in [0.15, 0.2) is 0 Å². The second-order valence-electron chi connectivity index (χ2n) is 6.64. The van der Waals surface area contributed by atoms with Crippen molar-refractivity contribution in [2.75, 3.05) is 24.2 Å². The molecule has 1 aromatic carbocycles. The molecule has 126 valence electrons. The molecule has 1 aliphatic carbocycles. The SMILES string of the molecule is CN(C(=O)c1ccc2c(c1)CCN2S(C)(=O)=O)C1CCCCC1. The van der Waals surface area contributed by atoms with Crippen LogP contribution >= 0.6 is 0 Å². The molecule has 0 aromatic heterocycles. The van der Waals surface area contributed by atoms with Crippen LogP contribution in [0.4, 0.5) is 5.69 Å². The van der Waals surface area contributed by atoms with Crippen molar-refractivity contribution < 1.29 is 13.2 Å². The number of amides is 1. The maximum atomic E-state index is 12.7. The Balaban J connectivity index is 1.81. The van der Waals surface area contributed by atoms with Gasteiger partial charge < -0.3 is 4.90 Å². The molecule has 0 spiro atoms. The molecule has 0 radical (unpaired) electrons. The molecule has 3 rings (SSSR count). The average Bonchev–Trinajstić information content (AvgIpc) is 2.97. The Morgan fingerprint density at radius 3 is 2.57 bits per heavy atom. The third-order valence-corrected chi connectivity index (χ3v) is 6.20. The molecule has 6 heteroatoms. The third-order valence-electron chi connectivity index (χ3n) is 5.02. The van der Waals surface area contributed by atoms with Crippen LogP contribution in [0.15, 0.2) is 18.2 Å². The number of anilines is 1. The van der Waals surface area contributed by atoms with Gasteiger partial charge in [-0.2, -0.15) is 0 Å². The van der Waals surface area contributed by atoms with Crippen LogP contribution in [0, 0.1) is 0 Å². The van der Waals surface area contributed by atoms with E-state index in [1.54, 1.807) is 12.1 Å². The quantitative estimate of drug-likeness (QED) is 0.852. The largest absolute Gasteiger partial charge is 0.339 e. The molecule has 1 heterocycles. The molecule has 23 heavy (non-hydrogen) atoms. The highest BCUT2D eigenvalue weighted by Crippen LogP contribution is 2.31. The Hall–Kier alpha value is -1.56. The molecule has 1 aromatic rings. The summed E-state index contributed by atoms with van der Waals surface area (Å²) in [4.78, 5) is 14.6. The number of nitrogens with zero attached hydrogens (tertiary/aromatic N) is 2. The molecule has 0 atom stereocenters. The Bertz CT molecular complexity index is 709. The van der Waals surface area contributed by atoms with Crippen LogP contribution in [0.1, 0.15) is 48.0 Å². The Morgan fingerprint density at radius 1 is 1.22 bits per heavy atom. The maximum Gasteiger partial charge on any atom is 0.253 e.